The van der Waals surface area contributed by atoms with Crippen molar-refractivity contribution in [2.45, 2.75) is 18.9 Å². The zero-order valence-electron chi connectivity index (χ0n) is 8.34. The molecule has 0 aromatic carbocycles. The van der Waals surface area contributed by atoms with E-state index >= 15 is 0 Å². The van der Waals surface area contributed by atoms with Gasteiger partial charge in [0.1, 0.15) is 5.01 Å². The second kappa shape index (κ2) is 3.80. The number of aromatic nitrogens is 3. The molecule has 2 aromatic rings. The Morgan fingerprint density at radius 2 is 2.20 bits per heavy atom. The molecule has 2 aromatic heterocycles. The van der Waals surface area contributed by atoms with Gasteiger partial charge in [-0.05, 0) is 6.92 Å². The third-order valence-corrected chi connectivity index (χ3v) is 3.02. The second-order valence-electron chi connectivity index (χ2n) is 3.67. The van der Waals surface area contributed by atoms with Gasteiger partial charge in [0.15, 0.2) is 10.5 Å². The van der Waals surface area contributed by atoms with Gasteiger partial charge in [0.25, 0.3) is 0 Å². The van der Waals surface area contributed by atoms with E-state index in [-0.39, 0.29) is 6.54 Å². The molecule has 0 bridgehead atoms. The maximum Gasteiger partial charge on any atom is 0.189 e. The van der Waals surface area contributed by atoms with Gasteiger partial charge in [-0.3, -0.25) is 0 Å². The standard InChI is InChI=1S/C9H12N4OS/c1-9(14,5-10)4-6-13-7-8(15-6)12-3-2-11-7/h2-3,14H,4-5,10H2,1H3. The van der Waals surface area contributed by atoms with Crippen LogP contribution in [-0.4, -0.2) is 32.2 Å². The summed E-state index contributed by atoms with van der Waals surface area (Å²) in [6, 6.07) is 0. The van der Waals surface area contributed by atoms with E-state index in [2.05, 4.69) is 15.0 Å². The molecule has 0 saturated carbocycles. The van der Waals surface area contributed by atoms with Gasteiger partial charge in [0.05, 0.1) is 5.60 Å². The predicted octanol–water partition coefficient (Wildman–Crippen LogP) is 0.338. The molecule has 0 aliphatic carbocycles. The van der Waals surface area contributed by atoms with Crippen LogP contribution in [0.15, 0.2) is 12.4 Å². The van der Waals surface area contributed by atoms with Crippen LogP contribution in [0.2, 0.25) is 0 Å². The summed E-state index contributed by atoms with van der Waals surface area (Å²) < 4.78 is 0. The number of nitrogens with two attached hydrogens (primary N) is 1. The van der Waals surface area contributed by atoms with Crippen molar-refractivity contribution < 1.29 is 5.11 Å². The van der Waals surface area contributed by atoms with Crippen LogP contribution in [0, 0.1) is 0 Å². The summed E-state index contributed by atoms with van der Waals surface area (Å²) in [6.07, 6.45) is 3.67. The van der Waals surface area contributed by atoms with E-state index in [4.69, 9.17) is 5.73 Å². The largest absolute Gasteiger partial charge is 0.388 e. The van der Waals surface area contributed by atoms with Gasteiger partial charge >= 0.3 is 0 Å². The molecule has 0 radical (unpaired) electrons. The van der Waals surface area contributed by atoms with Gasteiger partial charge in [0, 0.05) is 25.4 Å². The third kappa shape index (κ3) is 2.28. The number of aliphatic hydroxyl groups is 1. The summed E-state index contributed by atoms with van der Waals surface area (Å²) in [6.45, 7) is 1.91. The lowest BCUT2D eigenvalue weighted by molar-refractivity contribution is 0.0696. The minimum atomic E-state index is -0.909. The van der Waals surface area contributed by atoms with E-state index < -0.39 is 5.60 Å². The van der Waals surface area contributed by atoms with Crippen molar-refractivity contribution in [1.82, 2.24) is 15.0 Å². The van der Waals surface area contributed by atoms with Crippen molar-refractivity contribution in [3.8, 4) is 0 Å². The molecule has 0 amide bonds. The highest BCUT2D eigenvalue weighted by molar-refractivity contribution is 7.18. The Morgan fingerprint density at radius 1 is 1.47 bits per heavy atom. The second-order valence-corrected chi connectivity index (χ2v) is 4.73. The lowest BCUT2D eigenvalue weighted by atomic mass is 10.0. The van der Waals surface area contributed by atoms with Gasteiger partial charge in [0.2, 0.25) is 0 Å². The van der Waals surface area contributed by atoms with E-state index in [1.807, 2.05) is 0 Å². The molecule has 1 atom stereocenters. The summed E-state index contributed by atoms with van der Waals surface area (Å²) in [5, 5.41) is 10.6. The Morgan fingerprint density at radius 3 is 2.87 bits per heavy atom. The fraction of sp³-hybridized carbons (Fsp3) is 0.444. The van der Waals surface area contributed by atoms with Crippen LogP contribution in [-0.2, 0) is 6.42 Å². The molecular formula is C9H12N4OS. The van der Waals surface area contributed by atoms with Crippen LogP contribution in [0.5, 0.6) is 0 Å². The van der Waals surface area contributed by atoms with Gasteiger partial charge < -0.3 is 10.8 Å². The first-order chi connectivity index (χ1) is 7.11. The van der Waals surface area contributed by atoms with Crippen LogP contribution < -0.4 is 5.73 Å². The van der Waals surface area contributed by atoms with Gasteiger partial charge in [-0.2, -0.15) is 0 Å². The van der Waals surface area contributed by atoms with E-state index in [0.717, 1.165) is 9.84 Å². The number of fused-ring (bicyclic) bond motifs is 1. The molecule has 2 rings (SSSR count). The Labute approximate surface area is 91.0 Å². The molecule has 1 unspecified atom stereocenters. The van der Waals surface area contributed by atoms with E-state index in [1.54, 1.807) is 19.3 Å². The summed E-state index contributed by atoms with van der Waals surface area (Å²) >= 11 is 1.44. The molecule has 0 aliphatic rings. The molecule has 15 heavy (non-hydrogen) atoms. The van der Waals surface area contributed by atoms with E-state index in [1.165, 1.54) is 11.3 Å². The Bertz CT molecular complexity index is 435. The molecule has 0 spiro atoms. The third-order valence-electron chi connectivity index (χ3n) is 2.06. The highest BCUT2D eigenvalue weighted by atomic mass is 32.1. The molecule has 6 heteroatoms. The first-order valence-electron chi connectivity index (χ1n) is 4.59. The zero-order chi connectivity index (χ0) is 10.9. The maximum absolute atomic E-state index is 9.80. The zero-order valence-corrected chi connectivity index (χ0v) is 9.16. The highest BCUT2D eigenvalue weighted by Gasteiger charge is 2.21. The van der Waals surface area contributed by atoms with Crippen molar-refractivity contribution in [1.29, 1.82) is 0 Å². The Hall–Kier alpha value is -1.11. The van der Waals surface area contributed by atoms with E-state index in [9.17, 15) is 5.11 Å². The first kappa shape index (κ1) is 10.4. The normalized spacial score (nSPS) is 15.4. The minimum absolute atomic E-state index is 0.212. The number of thiazole rings is 1. The maximum atomic E-state index is 9.80. The lowest BCUT2D eigenvalue weighted by Gasteiger charge is -2.18. The average Bonchev–Trinajstić information content (AvgIpc) is 2.58. The lowest BCUT2D eigenvalue weighted by Crippen LogP contribution is -2.36. The van der Waals surface area contributed by atoms with Crippen LogP contribution in [0.3, 0.4) is 0 Å². The van der Waals surface area contributed by atoms with Crippen LogP contribution in [0.4, 0.5) is 0 Å². The van der Waals surface area contributed by atoms with Crippen molar-refractivity contribution in [2.24, 2.45) is 5.73 Å². The summed E-state index contributed by atoms with van der Waals surface area (Å²) in [7, 11) is 0. The highest BCUT2D eigenvalue weighted by Crippen LogP contribution is 2.21. The van der Waals surface area contributed by atoms with Crippen molar-refractivity contribution in [3.05, 3.63) is 17.4 Å². The molecule has 5 nitrogen and oxygen atoms in total. The van der Waals surface area contributed by atoms with Crippen LogP contribution in [0.25, 0.3) is 10.5 Å². The summed E-state index contributed by atoms with van der Waals surface area (Å²) in [5.41, 5.74) is 5.17. The number of nitrogens with zero attached hydrogens (tertiary/aromatic N) is 3. The molecule has 0 saturated heterocycles. The molecular weight excluding hydrogens is 212 g/mol. The SMILES string of the molecule is CC(O)(CN)Cc1nc2nccnc2s1. The predicted molar refractivity (Wildman–Crippen MR) is 58.6 cm³/mol. The summed E-state index contributed by atoms with van der Waals surface area (Å²) in [4.78, 5) is 13.3. The topological polar surface area (TPSA) is 84.9 Å². The molecule has 2 heterocycles. The fourth-order valence-corrected chi connectivity index (χ4v) is 2.23. The number of hydrogen-bond acceptors (Lipinski definition) is 6. The van der Waals surface area contributed by atoms with Crippen molar-refractivity contribution in [3.63, 3.8) is 0 Å². The smallest absolute Gasteiger partial charge is 0.189 e. The number of rotatable bonds is 3. The summed E-state index contributed by atoms with van der Waals surface area (Å²) in [5.74, 6) is 0. The average molecular weight is 224 g/mol. The van der Waals surface area contributed by atoms with Gasteiger partial charge in [-0.1, -0.05) is 11.3 Å². The molecule has 0 aliphatic heterocycles. The Kier molecular flexibility index (Phi) is 2.64. The molecule has 3 N–H and O–H groups in total. The number of hydrogen-bond donors (Lipinski definition) is 2. The van der Waals surface area contributed by atoms with Crippen molar-refractivity contribution >= 4 is 21.8 Å². The van der Waals surface area contributed by atoms with E-state index in [0.29, 0.717) is 12.1 Å². The Balaban J connectivity index is 2.30. The monoisotopic (exact) mass is 224 g/mol. The first-order valence-corrected chi connectivity index (χ1v) is 5.41. The van der Waals surface area contributed by atoms with Crippen LogP contribution >= 0.6 is 11.3 Å². The molecule has 80 valence electrons. The van der Waals surface area contributed by atoms with Crippen LogP contribution in [0.1, 0.15) is 11.9 Å². The van der Waals surface area contributed by atoms with Gasteiger partial charge in [-0.15, -0.1) is 0 Å². The van der Waals surface area contributed by atoms with Crippen molar-refractivity contribution in [2.75, 3.05) is 6.54 Å². The fourth-order valence-electron chi connectivity index (χ4n) is 1.19. The van der Waals surface area contributed by atoms with Gasteiger partial charge in [-0.25, -0.2) is 15.0 Å². The quantitative estimate of drug-likeness (QED) is 0.785. The minimum Gasteiger partial charge on any atom is -0.388 e. The molecule has 0 fully saturated rings.